The van der Waals surface area contributed by atoms with Gasteiger partial charge < -0.3 is 5.32 Å². The zero-order valence-electron chi connectivity index (χ0n) is 18.2. The van der Waals surface area contributed by atoms with Gasteiger partial charge in [0.2, 0.25) is 15.9 Å². The molecule has 0 saturated carbocycles. The van der Waals surface area contributed by atoms with Gasteiger partial charge in [0.15, 0.2) is 0 Å². The van der Waals surface area contributed by atoms with Crippen LogP contribution in [0.3, 0.4) is 0 Å². The summed E-state index contributed by atoms with van der Waals surface area (Å²) < 4.78 is 64.2. The molecule has 1 aromatic heterocycles. The van der Waals surface area contributed by atoms with Crippen LogP contribution >= 0.6 is 0 Å². The van der Waals surface area contributed by atoms with Crippen molar-refractivity contribution in [2.24, 2.45) is 5.14 Å². The first-order valence-electron chi connectivity index (χ1n) is 9.99. The van der Waals surface area contributed by atoms with Crippen molar-refractivity contribution in [1.29, 1.82) is 0 Å². The van der Waals surface area contributed by atoms with Crippen LogP contribution in [-0.2, 0) is 33.8 Å². The highest BCUT2D eigenvalue weighted by atomic mass is 32.2. The molecule has 3 rings (SSSR count). The van der Waals surface area contributed by atoms with Crippen molar-refractivity contribution in [3.63, 3.8) is 0 Å². The maximum absolute atomic E-state index is 13.1. The number of aromatic nitrogens is 2. The van der Waals surface area contributed by atoms with E-state index in [0.29, 0.717) is 28.9 Å². The van der Waals surface area contributed by atoms with Crippen LogP contribution in [0.25, 0.3) is 5.69 Å². The first-order chi connectivity index (χ1) is 15.3. The fraction of sp³-hybridized carbons (Fsp3) is 0.273. The van der Waals surface area contributed by atoms with Gasteiger partial charge in [-0.25, -0.2) is 18.2 Å². The molecule has 0 unspecified atom stereocenters. The van der Waals surface area contributed by atoms with Gasteiger partial charge in [0.05, 0.1) is 28.3 Å². The van der Waals surface area contributed by atoms with E-state index < -0.39 is 27.7 Å². The molecule has 0 saturated heterocycles. The normalized spacial score (nSPS) is 12.1. The molecule has 7 nitrogen and oxygen atoms in total. The van der Waals surface area contributed by atoms with Crippen LogP contribution in [0.4, 0.5) is 18.9 Å². The van der Waals surface area contributed by atoms with Crippen LogP contribution < -0.4 is 10.5 Å². The lowest BCUT2D eigenvalue weighted by atomic mass is 10.1. The minimum atomic E-state index is -4.49. The van der Waals surface area contributed by atoms with Crippen molar-refractivity contribution in [3.8, 4) is 5.69 Å². The second-order valence-electron chi connectivity index (χ2n) is 7.56. The summed E-state index contributed by atoms with van der Waals surface area (Å²) in [4.78, 5) is 12.6. The highest BCUT2D eigenvalue weighted by Gasteiger charge is 2.31. The molecule has 0 fully saturated rings. The lowest BCUT2D eigenvalue weighted by Crippen LogP contribution is -2.18. The largest absolute Gasteiger partial charge is 0.416 e. The third-order valence-electron chi connectivity index (χ3n) is 5.23. The first kappa shape index (κ1) is 24.5. The molecule has 0 atom stereocenters. The van der Waals surface area contributed by atoms with Gasteiger partial charge in [0.25, 0.3) is 0 Å². The first-order valence-corrected chi connectivity index (χ1v) is 11.5. The zero-order valence-corrected chi connectivity index (χ0v) is 19.0. The number of hydrogen-bond acceptors (Lipinski definition) is 4. The summed E-state index contributed by atoms with van der Waals surface area (Å²) in [5, 5.41) is 12.2. The smallest absolute Gasteiger partial charge is 0.326 e. The standard InChI is InChI=1S/C22H23F3N4O3S/c1-4-15-8-9-17(11-20(15)33(26,31)32)27-21(30)12-19-13(2)28-29(14(19)3)18-7-5-6-16(10-18)22(23,24)25/h5-11H,4,12H2,1-3H3,(H,27,30)(H2,26,31,32). The van der Waals surface area contributed by atoms with Crippen molar-refractivity contribution in [2.45, 2.75) is 44.7 Å². The topological polar surface area (TPSA) is 107 Å². The van der Waals surface area contributed by atoms with Crippen LogP contribution in [0, 0.1) is 13.8 Å². The Bertz CT molecular complexity index is 1310. The molecule has 1 amide bonds. The quantitative estimate of drug-likeness (QED) is 0.558. The number of benzene rings is 2. The van der Waals surface area contributed by atoms with E-state index in [1.54, 1.807) is 32.9 Å². The van der Waals surface area contributed by atoms with Crippen molar-refractivity contribution in [1.82, 2.24) is 9.78 Å². The number of halogens is 3. The number of nitrogens with one attached hydrogen (secondary N) is 1. The molecule has 2 aromatic carbocycles. The summed E-state index contributed by atoms with van der Waals surface area (Å²) in [7, 11) is -3.96. The Morgan fingerprint density at radius 3 is 2.45 bits per heavy atom. The van der Waals surface area contributed by atoms with Crippen molar-refractivity contribution < 1.29 is 26.4 Å². The molecule has 0 aliphatic rings. The highest BCUT2D eigenvalue weighted by Crippen LogP contribution is 2.31. The van der Waals surface area contributed by atoms with E-state index >= 15 is 0 Å². The summed E-state index contributed by atoms with van der Waals surface area (Å²) >= 11 is 0. The summed E-state index contributed by atoms with van der Waals surface area (Å²) in [6, 6.07) is 9.23. The minimum Gasteiger partial charge on any atom is -0.326 e. The molecule has 3 aromatic rings. The number of nitrogens with two attached hydrogens (primary N) is 1. The summed E-state index contributed by atoms with van der Waals surface area (Å²) in [5.74, 6) is -0.436. The van der Waals surface area contributed by atoms with E-state index in [2.05, 4.69) is 10.4 Å². The Morgan fingerprint density at radius 2 is 1.85 bits per heavy atom. The summed E-state index contributed by atoms with van der Waals surface area (Å²) in [6.45, 7) is 5.11. The minimum absolute atomic E-state index is 0.0625. The number of carbonyl (C=O) groups is 1. The number of sulfonamides is 1. The molecule has 1 heterocycles. The molecule has 11 heteroatoms. The van der Waals surface area contributed by atoms with Crippen molar-refractivity contribution in [3.05, 3.63) is 70.5 Å². The van der Waals surface area contributed by atoms with Crippen LogP contribution in [0.1, 0.15) is 35.0 Å². The summed E-state index contributed by atoms with van der Waals surface area (Å²) in [5.41, 5.74) is 1.80. The number of anilines is 1. The number of primary sulfonamides is 1. The number of carbonyl (C=O) groups excluding carboxylic acids is 1. The average molecular weight is 481 g/mol. The molecular formula is C22H23F3N4O3S. The number of nitrogens with zero attached hydrogens (tertiary/aromatic N) is 2. The lowest BCUT2D eigenvalue weighted by Gasteiger charge is -2.11. The Labute approximate surface area is 189 Å². The van der Waals surface area contributed by atoms with Gasteiger partial charge in [-0.05, 0) is 56.2 Å². The number of amides is 1. The molecular weight excluding hydrogens is 457 g/mol. The fourth-order valence-corrected chi connectivity index (χ4v) is 4.42. The Balaban J connectivity index is 1.86. The van der Waals surface area contributed by atoms with Gasteiger partial charge >= 0.3 is 6.18 Å². The van der Waals surface area contributed by atoms with Gasteiger partial charge in [-0.15, -0.1) is 0 Å². The second kappa shape index (κ2) is 8.99. The Hall–Kier alpha value is -3.18. The molecule has 3 N–H and O–H groups in total. The zero-order chi connectivity index (χ0) is 24.6. The number of aryl methyl sites for hydroxylation is 2. The van der Waals surface area contributed by atoms with E-state index in [-0.39, 0.29) is 22.7 Å². The monoisotopic (exact) mass is 480 g/mol. The molecule has 176 valence electrons. The van der Waals surface area contributed by atoms with E-state index in [1.807, 2.05) is 0 Å². The third kappa shape index (κ3) is 5.42. The van der Waals surface area contributed by atoms with Gasteiger partial charge in [0, 0.05) is 16.9 Å². The Kier molecular flexibility index (Phi) is 6.66. The van der Waals surface area contributed by atoms with Crippen LogP contribution in [0.5, 0.6) is 0 Å². The SMILES string of the molecule is CCc1ccc(NC(=O)Cc2c(C)nn(-c3cccc(C(F)(F)F)c3)c2C)cc1S(N)(=O)=O. The number of alkyl halides is 3. The van der Waals surface area contributed by atoms with Gasteiger partial charge in [-0.3, -0.25) is 4.79 Å². The molecule has 0 aliphatic heterocycles. The van der Waals surface area contributed by atoms with Crippen LogP contribution in [0.2, 0.25) is 0 Å². The van der Waals surface area contributed by atoms with Gasteiger partial charge in [-0.1, -0.05) is 19.1 Å². The molecule has 0 radical (unpaired) electrons. The maximum Gasteiger partial charge on any atom is 0.416 e. The number of rotatable bonds is 6. The predicted molar refractivity (Wildman–Crippen MR) is 118 cm³/mol. The average Bonchev–Trinajstić information content (AvgIpc) is 3.01. The van der Waals surface area contributed by atoms with Crippen molar-refractivity contribution >= 4 is 21.6 Å². The Morgan fingerprint density at radius 1 is 1.15 bits per heavy atom. The fourth-order valence-electron chi connectivity index (χ4n) is 3.55. The van der Waals surface area contributed by atoms with Crippen molar-refractivity contribution in [2.75, 3.05) is 5.32 Å². The maximum atomic E-state index is 13.1. The highest BCUT2D eigenvalue weighted by molar-refractivity contribution is 7.89. The van der Waals surface area contributed by atoms with E-state index in [1.165, 1.54) is 22.9 Å². The van der Waals surface area contributed by atoms with Gasteiger partial charge in [0.1, 0.15) is 0 Å². The third-order valence-corrected chi connectivity index (χ3v) is 6.23. The molecule has 0 bridgehead atoms. The molecule has 33 heavy (non-hydrogen) atoms. The number of hydrogen-bond donors (Lipinski definition) is 2. The summed E-state index contributed by atoms with van der Waals surface area (Å²) in [6.07, 6.45) is -4.14. The van der Waals surface area contributed by atoms with E-state index in [0.717, 1.165) is 12.1 Å². The van der Waals surface area contributed by atoms with Crippen LogP contribution in [-0.4, -0.2) is 24.1 Å². The van der Waals surface area contributed by atoms with E-state index in [9.17, 15) is 26.4 Å². The molecule has 0 aliphatic carbocycles. The van der Waals surface area contributed by atoms with Crippen LogP contribution in [0.15, 0.2) is 47.4 Å². The lowest BCUT2D eigenvalue weighted by molar-refractivity contribution is -0.137. The van der Waals surface area contributed by atoms with E-state index in [4.69, 9.17) is 5.14 Å². The molecule has 0 spiro atoms. The predicted octanol–water partition coefficient (Wildman–Crippen LogP) is 3.90. The van der Waals surface area contributed by atoms with Gasteiger partial charge in [-0.2, -0.15) is 18.3 Å². The second-order valence-corrected chi connectivity index (χ2v) is 9.09.